The van der Waals surface area contributed by atoms with E-state index in [9.17, 15) is 14.7 Å². The molecule has 2 aliphatic rings. The molecular weight excluding hydrogens is 430 g/mol. The minimum atomic E-state index is -0.561. The van der Waals surface area contributed by atoms with Gasteiger partial charge < -0.3 is 15.3 Å². The summed E-state index contributed by atoms with van der Waals surface area (Å²) in [5, 5.41) is 15.1. The van der Waals surface area contributed by atoms with Gasteiger partial charge in [0.25, 0.3) is 0 Å². The summed E-state index contributed by atoms with van der Waals surface area (Å²) >= 11 is 3.05. The molecule has 1 heterocycles. The van der Waals surface area contributed by atoms with Gasteiger partial charge in [-0.1, -0.05) is 26.8 Å². The third kappa shape index (κ3) is 4.71. The van der Waals surface area contributed by atoms with Crippen LogP contribution in [0.4, 0.5) is 5.13 Å². The highest BCUT2D eigenvalue weighted by Gasteiger charge is 2.54. The van der Waals surface area contributed by atoms with Gasteiger partial charge in [-0.05, 0) is 42.8 Å². The molecule has 6 nitrogen and oxygen atoms in total. The lowest BCUT2D eigenvalue weighted by atomic mass is 9.53. The van der Waals surface area contributed by atoms with E-state index in [1.165, 1.54) is 16.6 Å². The number of hydrogen-bond acceptors (Lipinski definition) is 6. The normalized spacial score (nSPS) is 30.6. The molecule has 1 aromatic rings. The number of hydrogen-bond donors (Lipinski definition) is 2. The molecular formula is C23H35N3O3S2. The molecule has 3 rings (SSSR count). The maximum Gasteiger partial charge on any atom is 0.236 e. The smallest absolute Gasteiger partial charge is 0.236 e. The zero-order chi connectivity index (χ0) is 22.9. The largest absolute Gasteiger partial charge is 0.392 e. The molecule has 0 saturated heterocycles. The van der Waals surface area contributed by atoms with Gasteiger partial charge in [-0.2, -0.15) is 11.8 Å². The van der Waals surface area contributed by atoms with E-state index in [1.807, 2.05) is 13.2 Å². The fraction of sp³-hybridized carbons (Fsp3) is 0.696. The van der Waals surface area contributed by atoms with Crippen LogP contribution in [0.25, 0.3) is 0 Å². The second kappa shape index (κ2) is 9.63. The number of carbonyl (C=O) groups excluding carboxylic acids is 2. The van der Waals surface area contributed by atoms with E-state index in [-0.39, 0.29) is 40.9 Å². The van der Waals surface area contributed by atoms with Crippen LogP contribution in [0, 0.1) is 23.2 Å². The SMILES string of the molecule is C=CCN(C)C(=O)[C@@H](C)[C@@H]1CC[C@]2(C)Cc3sc(NC(=O)CSC)nc3[C@H](C)[C@@H]2[C@H]1O. The standard InChI is InChI=1S/C23H35N3O3S2/c1-7-10-26(5)21(29)13(2)15-8-9-23(4)11-16-19(14(3)18(23)20(15)28)25-22(31-16)24-17(27)12-30-6/h7,13-15,18,20,28H,1,8-12H2,2-6H3,(H,24,25,27)/t13-,14+,15-,18+,20-,23+/m0/s1. The summed E-state index contributed by atoms with van der Waals surface area (Å²) in [5.41, 5.74) is 0.958. The van der Waals surface area contributed by atoms with Gasteiger partial charge in [-0.15, -0.1) is 17.9 Å². The van der Waals surface area contributed by atoms with Crippen molar-refractivity contribution in [1.82, 2.24) is 9.88 Å². The Labute approximate surface area is 193 Å². The molecule has 6 atom stereocenters. The van der Waals surface area contributed by atoms with Crippen molar-refractivity contribution in [3.8, 4) is 0 Å². The van der Waals surface area contributed by atoms with Crippen LogP contribution < -0.4 is 5.32 Å². The van der Waals surface area contributed by atoms with Crippen molar-refractivity contribution < 1.29 is 14.7 Å². The van der Waals surface area contributed by atoms with Crippen LogP contribution in [-0.4, -0.2) is 58.5 Å². The third-order valence-corrected chi connectivity index (χ3v) is 8.79. The minimum Gasteiger partial charge on any atom is -0.392 e. The summed E-state index contributed by atoms with van der Waals surface area (Å²) < 4.78 is 0. The van der Waals surface area contributed by atoms with Crippen molar-refractivity contribution in [2.75, 3.05) is 30.9 Å². The van der Waals surface area contributed by atoms with Crippen molar-refractivity contribution in [1.29, 1.82) is 0 Å². The maximum atomic E-state index is 12.9. The van der Waals surface area contributed by atoms with Gasteiger partial charge >= 0.3 is 0 Å². The number of aromatic nitrogens is 1. The number of rotatable bonds is 7. The first-order valence-corrected chi connectivity index (χ1v) is 13.2. The Hall–Kier alpha value is -1.38. The number of nitrogens with zero attached hydrogens (tertiary/aromatic N) is 2. The molecule has 0 unspecified atom stereocenters. The number of aliphatic hydroxyl groups excluding tert-OH is 1. The molecule has 0 aliphatic heterocycles. The Morgan fingerprint density at radius 1 is 1.52 bits per heavy atom. The number of thiazole rings is 1. The van der Waals surface area contributed by atoms with Crippen LogP contribution >= 0.6 is 23.1 Å². The number of nitrogens with one attached hydrogen (secondary N) is 1. The van der Waals surface area contributed by atoms with E-state index in [4.69, 9.17) is 4.98 Å². The van der Waals surface area contributed by atoms with Crippen LogP contribution in [0.15, 0.2) is 12.7 Å². The number of fused-ring (bicyclic) bond motifs is 2. The summed E-state index contributed by atoms with van der Waals surface area (Å²) in [5.74, 6) is 0.233. The van der Waals surface area contributed by atoms with Crippen LogP contribution in [-0.2, 0) is 16.0 Å². The number of thioether (sulfide) groups is 1. The van der Waals surface area contributed by atoms with Gasteiger partial charge in [0.05, 0.1) is 17.6 Å². The molecule has 2 amide bonds. The quantitative estimate of drug-likeness (QED) is 0.599. The Morgan fingerprint density at radius 2 is 2.23 bits per heavy atom. The van der Waals surface area contributed by atoms with Gasteiger partial charge in [0.1, 0.15) is 0 Å². The average Bonchev–Trinajstić information content (AvgIpc) is 3.09. The fourth-order valence-electron chi connectivity index (χ4n) is 5.70. The minimum absolute atomic E-state index is 0.0361. The maximum absolute atomic E-state index is 12.9. The van der Waals surface area contributed by atoms with Crippen molar-refractivity contribution in [3.05, 3.63) is 23.2 Å². The molecule has 31 heavy (non-hydrogen) atoms. The second-order valence-electron chi connectivity index (χ2n) is 9.44. The molecule has 172 valence electrons. The Bertz CT molecular complexity index is 842. The van der Waals surface area contributed by atoms with E-state index in [1.54, 1.807) is 29.4 Å². The zero-order valence-corrected chi connectivity index (χ0v) is 20.8. The van der Waals surface area contributed by atoms with Gasteiger partial charge in [-0.25, -0.2) is 4.98 Å². The molecule has 2 aliphatic carbocycles. The van der Waals surface area contributed by atoms with E-state index < -0.39 is 6.10 Å². The molecule has 1 fully saturated rings. The Morgan fingerprint density at radius 3 is 2.87 bits per heavy atom. The molecule has 0 radical (unpaired) electrons. The topological polar surface area (TPSA) is 82.5 Å². The van der Waals surface area contributed by atoms with Gasteiger partial charge in [0.2, 0.25) is 11.8 Å². The summed E-state index contributed by atoms with van der Waals surface area (Å²) in [7, 11) is 1.79. The van der Waals surface area contributed by atoms with E-state index in [0.717, 1.165) is 25.0 Å². The van der Waals surface area contributed by atoms with Crippen molar-refractivity contribution in [2.45, 2.75) is 52.1 Å². The van der Waals surface area contributed by atoms with Crippen molar-refractivity contribution in [2.24, 2.45) is 23.2 Å². The first-order valence-electron chi connectivity index (χ1n) is 10.9. The highest BCUT2D eigenvalue weighted by molar-refractivity contribution is 7.99. The first kappa shape index (κ1) is 24.3. The molecule has 0 bridgehead atoms. The summed E-state index contributed by atoms with van der Waals surface area (Å²) in [6.07, 6.45) is 5.73. The van der Waals surface area contributed by atoms with Crippen LogP contribution in [0.2, 0.25) is 0 Å². The van der Waals surface area contributed by atoms with Crippen LogP contribution in [0.1, 0.15) is 50.1 Å². The summed E-state index contributed by atoms with van der Waals surface area (Å²) in [6, 6.07) is 0. The van der Waals surface area contributed by atoms with Crippen LogP contribution in [0.5, 0.6) is 0 Å². The highest BCUT2D eigenvalue weighted by Crippen LogP contribution is 2.57. The number of likely N-dealkylation sites (N-methyl/N-ethyl adjacent to an activating group) is 1. The Balaban J connectivity index is 1.82. The first-order chi connectivity index (χ1) is 14.6. The van der Waals surface area contributed by atoms with E-state index in [0.29, 0.717) is 17.4 Å². The number of anilines is 1. The zero-order valence-electron chi connectivity index (χ0n) is 19.2. The van der Waals surface area contributed by atoms with Gasteiger partial charge in [0, 0.05) is 30.3 Å². The van der Waals surface area contributed by atoms with Crippen LogP contribution in [0.3, 0.4) is 0 Å². The van der Waals surface area contributed by atoms with Gasteiger partial charge in [0.15, 0.2) is 5.13 Å². The van der Waals surface area contributed by atoms with E-state index in [2.05, 4.69) is 25.7 Å². The molecule has 0 aromatic carbocycles. The molecule has 1 saturated carbocycles. The highest BCUT2D eigenvalue weighted by atomic mass is 32.2. The Kier molecular flexibility index (Phi) is 7.54. The number of aliphatic hydroxyl groups is 1. The van der Waals surface area contributed by atoms with E-state index >= 15 is 0 Å². The predicted octanol–water partition coefficient (Wildman–Crippen LogP) is 3.78. The lowest BCUT2D eigenvalue weighted by Crippen LogP contribution is -2.53. The molecule has 2 N–H and O–H groups in total. The number of amides is 2. The summed E-state index contributed by atoms with van der Waals surface area (Å²) in [4.78, 5) is 32.5. The number of carbonyl (C=O) groups is 2. The predicted molar refractivity (Wildman–Crippen MR) is 129 cm³/mol. The molecule has 1 aromatic heterocycles. The van der Waals surface area contributed by atoms with Gasteiger partial charge in [-0.3, -0.25) is 9.59 Å². The lowest BCUT2D eigenvalue weighted by Gasteiger charge is -2.53. The van der Waals surface area contributed by atoms with Crippen molar-refractivity contribution in [3.63, 3.8) is 0 Å². The third-order valence-electron chi connectivity index (χ3n) is 7.25. The lowest BCUT2D eigenvalue weighted by molar-refractivity contribution is -0.143. The molecule has 0 spiro atoms. The summed E-state index contributed by atoms with van der Waals surface area (Å²) in [6.45, 7) is 10.6. The average molecular weight is 466 g/mol. The monoisotopic (exact) mass is 465 g/mol. The fourth-order valence-corrected chi connectivity index (χ4v) is 7.32. The molecule has 8 heteroatoms. The van der Waals surface area contributed by atoms with Crippen molar-refractivity contribution >= 4 is 40.0 Å². The second-order valence-corrected chi connectivity index (χ2v) is 11.4.